The minimum absolute atomic E-state index is 0.0132. The van der Waals surface area contributed by atoms with Crippen molar-refractivity contribution in [3.8, 4) is 11.4 Å². The first-order valence-corrected chi connectivity index (χ1v) is 10.6. The van der Waals surface area contributed by atoms with Crippen LogP contribution in [0.25, 0.3) is 11.4 Å². The van der Waals surface area contributed by atoms with Crippen molar-refractivity contribution >= 4 is 11.8 Å². The molecular formula is C24H25FN4O2. The third-order valence-electron chi connectivity index (χ3n) is 5.43. The zero-order valence-electron chi connectivity index (χ0n) is 17.2. The van der Waals surface area contributed by atoms with Crippen molar-refractivity contribution in [2.75, 3.05) is 13.1 Å². The Hall–Kier alpha value is -3.48. The van der Waals surface area contributed by atoms with Crippen molar-refractivity contribution in [1.82, 2.24) is 20.2 Å². The Morgan fingerprint density at radius 2 is 1.61 bits per heavy atom. The molecule has 160 valence electrons. The van der Waals surface area contributed by atoms with E-state index < -0.39 is 11.7 Å². The van der Waals surface area contributed by atoms with Crippen LogP contribution in [-0.4, -0.2) is 34.5 Å². The fourth-order valence-corrected chi connectivity index (χ4v) is 3.89. The Morgan fingerprint density at radius 3 is 2.39 bits per heavy atom. The van der Waals surface area contributed by atoms with E-state index in [9.17, 15) is 14.0 Å². The molecule has 0 saturated heterocycles. The summed E-state index contributed by atoms with van der Waals surface area (Å²) in [5.74, 6) is -0.517. The molecule has 7 heteroatoms. The van der Waals surface area contributed by atoms with Gasteiger partial charge in [0.25, 0.3) is 11.8 Å². The summed E-state index contributed by atoms with van der Waals surface area (Å²) in [4.78, 5) is 29.7. The highest BCUT2D eigenvalue weighted by Crippen LogP contribution is 2.27. The molecule has 0 unspecified atom stereocenters. The maximum Gasteiger partial charge on any atom is 0.271 e. The van der Waals surface area contributed by atoms with Crippen molar-refractivity contribution in [1.29, 1.82) is 0 Å². The van der Waals surface area contributed by atoms with E-state index in [1.807, 2.05) is 30.3 Å². The Morgan fingerprint density at radius 1 is 0.903 bits per heavy atom. The van der Waals surface area contributed by atoms with E-state index >= 15 is 0 Å². The molecule has 1 aliphatic rings. The SMILES string of the molecule is O=C(NCCNC(=O)c1nc(-c2ccccc2)n2c1CCCCC2)c1ccccc1F. The van der Waals surface area contributed by atoms with Gasteiger partial charge in [0.15, 0.2) is 0 Å². The summed E-state index contributed by atoms with van der Waals surface area (Å²) in [6.07, 6.45) is 4.02. The summed E-state index contributed by atoms with van der Waals surface area (Å²) in [5.41, 5.74) is 2.38. The molecule has 0 atom stereocenters. The van der Waals surface area contributed by atoms with E-state index in [-0.39, 0.29) is 24.6 Å². The lowest BCUT2D eigenvalue weighted by Gasteiger charge is -2.09. The van der Waals surface area contributed by atoms with Crippen LogP contribution in [-0.2, 0) is 13.0 Å². The van der Waals surface area contributed by atoms with Gasteiger partial charge in [-0.05, 0) is 31.4 Å². The van der Waals surface area contributed by atoms with Crippen LogP contribution in [0.15, 0.2) is 54.6 Å². The van der Waals surface area contributed by atoms with Crippen LogP contribution in [0.4, 0.5) is 4.39 Å². The quantitative estimate of drug-likeness (QED) is 0.599. The molecule has 1 aliphatic heterocycles. The lowest BCUT2D eigenvalue weighted by Crippen LogP contribution is -2.35. The van der Waals surface area contributed by atoms with Gasteiger partial charge in [0.1, 0.15) is 17.3 Å². The number of halogens is 1. The number of aromatic nitrogens is 2. The van der Waals surface area contributed by atoms with Crippen LogP contribution in [0.1, 0.15) is 45.8 Å². The minimum atomic E-state index is -0.571. The predicted octanol–water partition coefficient (Wildman–Crippen LogP) is 3.58. The topological polar surface area (TPSA) is 76.0 Å². The van der Waals surface area contributed by atoms with E-state index in [1.165, 1.54) is 18.2 Å². The number of nitrogens with zero attached hydrogens (tertiary/aromatic N) is 2. The molecule has 2 N–H and O–H groups in total. The van der Waals surface area contributed by atoms with Crippen LogP contribution in [0.3, 0.4) is 0 Å². The van der Waals surface area contributed by atoms with Gasteiger partial charge in [0.05, 0.1) is 11.3 Å². The van der Waals surface area contributed by atoms with Gasteiger partial charge in [-0.25, -0.2) is 9.37 Å². The molecule has 0 spiro atoms. The smallest absolute Gasteiger partial charge is 0.271 e. The van der Waals surface area contributed by atoms with E-state index in [0.29, 0.717) is 5.69 Å². The number of carbonyl (C=O) groups excluding carboxylic acids is 2. The van der Waals surface area contributed by atoms with Gasteiger partial charge in [0.2, 0.25) is 0 Å². The van der Waals surface area contributed by atoms with Gasteiger partial charge in [-0.1, -0.05) is 48.9 Å². The predicted molar refractivity (Wildman–Crippen MR) is 116 cm³/mol. The van der Waals surface area contributed by atoms with Crippen LogP contribution in [0, 0.1) is 5.82 Å². The second-order valence-electron chi connectivity index (χ2n) is 7.55. The van der Waals surface area contributed by atoms with Gasteiger partial charge >= 0.3 is 0 Å². The number of benzene rings is 2. The summed E-state index contributed by atoms with van der Waals surface area (Å²) in [6, 6.07) is 15.7. The van der Waals surface area contributed by atoms with E-state index in [0.717, 1.165) is 49.3 Å². The van der Waals surface area contributed by atoms with Crippen molar-refractivity contribution in [2.45, 2.75) is 32.2 Å². The Balaban J connectivity index is 1.43. The first-order chi connectivity index (χ1) is 15.1. The molecule has 0 aliphatic carbocycles. The van der Waals surface area contributed by atoms with Gasteiger partial charge in [-0.3, -0.25) is 9.59 Å². The van der Waals surface area contributed by atoms with E-state index in [1.54, 1.807) is 6.07 Å². The molecule has 0 saturated carbocycles. The second-order valence-corrected chi connectivity index (χ2v) is 7.55. The lowest BCUT2D eigenvalue weighted by molar-refractivity contribution is 0.0922. The summed E-state index contributed by atoms with van der Waals surface area (Å²) in [5, 5.41) is 5.46. The number of carbonyl (C=O) groups is 2. The molecule has 2 heterocycles. The van der Waals surface area contributed by atoms with Crippen molar-refractivity contribution < 1.29 is 14.0 Å². The molecular weight excluding hydrogens is 395 g/mol. The molecule has 0 fully saturated rings. The molecule has 3 aromatic rings. The van der Waals surface area contributed by atoms with Crippen LogP contribution in [0.5, 0.6) is 0 Å². The summed E-state index contributed by atoms with van der Waals surface area (Å²) >= 11 is 0. The first-order valence-electron chi connectivity index (χ1n) is 10.6. The molecule has 2 amide bonds. The zero-order valence-corrected chi connectivity index (χ0v) is 17.2. The standard InChI is InChI=1S/C24H25FN4O2/c25-19-12-7-6-11-18(19)23(30)26-14-15-27-24(31)21-20-13-5-2-8-16-29(20)22(28-21)17-9-3-1-4-10-17/h1,3-4,6-7,9-12H,2,5,8,13-16H2,(H,26,30)(H,27,31). The van der Waals surface area contributed by atoms with Crippen molar-refractivity contribution in [3.63, 3.8) is 0 Å². The normalized spacial score (nSPS) is 13.2. The maximum absolute atomic E-state index is 13.7. The number of imidazole rings is 1. The lowest BCUT2D eigenvalue weighted by atomic mass is 10.1. The van der Waals surface area contributed by atoms with Crippen LogP contribution in [0.2, 0.25) is 0 Å². The first kappa shape index (κ1) is 20.8. The highest BCUT2D eigenvalue weighted by atomic mass is 19.1. The minimum Gasteiger partial charge on any atom is -0.350 e. The second kappa shape index (κ2) is 9.55. The zero-order chi connectivity index (χ0) is 21.6. The third kappa shape index (κ3) is 4.66. The van der Waals surface area contributed by atoms with Gasteiger partial charge in [-0.2, -0.15) is 0 Å². The van der Waals surface area contributed by atoms with Crippen LogP contribution >= 0.6 is 0 Å². The van der Waals surface area contributed by atoms with E-state index in [2.05, 4.69) is 15.2 Å². The number of amides is 2. The maximum atomic E-state index is 13.7. The van der Waals surface area contributed by atoms with Crippen LogP contribution < -0.4 is 10.6 Å². The summed E-state index contributed by atoms with van der Waals surface area (Å²) in [7, 11) is 0. The molecule has 4 rings (SSSR count). The third-order valence-corrected chi connectivity index (χ3v) is 5.43. The molecule has 2 aromatic carbocycles. The fourth-order valence-electron chi connectivity index (χ4n) is 3.89. The fraction of sp³-hybridized carbons (Fsp3) is 0.292. The average Bonchev–Trinajstić information content (AvgIpc) is 2.98. The highest BCUT2D eigenvalue weighted by molar-refractivity contribution is 5.95. The molecule has 31 heavy (non-hydrogen) atoms. The largest absolute Gasteiger partial charge is 0.350 e. The molecule has 0 bridgehead atoms. The highest BCUT2D eigenvalue weighted by Gasteiger charge is 2.24. The van der Waals surface area contributed by atoms with Crippen molar-refractivity contribution in [2.24, 2.45) is 0 Å². The van der Waals surface area contributed by atoms with Gasteiger partial charge < -0.3 is 15.2 Å². The van der Waals surface area contributed by atoms with Gasteiger partial charge in [0, 0.05) is 25.2 Å². The molecule has 1 aromatic heterocycles. The number of hydrogen-bond acceptors (Lipinski definition) is 3. The number of rotatable bonds is 6. The number of fused-ring (bicyclic) bond motifs is 1. The number of nitrogens with one attached hydrogen (secondary N) is 2. The Bertz CT molecular complexity index is 1080. The Kier molecular flexibility index (Phi) is 6.40. The summed E-state index contributed by atoms with van der Waals surface area (Å²) < 4.78 is 15.9. The summed E-state index contributed by atoms with van der Waals surface area (Å²) in [6.45, 7) is 1.27. The molecule has 6 nitrogen and oxygen atoms in total. The van der Waals surface area contributed by atoms with E-state index in [4.69, 9.17) is 4.98 Å². The van der Waals surface area contributed by atoms with Crippen molar-refractivity contribution in [3.05, 3.63) is 77.4 Å². The molecule has 0 radical (unpaired) electrons. The monoisotopic (exact) mass is 420 g/mol. The van der Waals surface area contributed by atoms with Gasteiger partial charge in [-0.15, -0.1) is 0 Å². The number of hydrogen-bond donors (Lipinski definition) is 2. The Labute approximate surface area is 180 Å². The average molecular weight is 420 g/mol.